The molecule has 4 saturated carbocycles. The Hall–Kier alpha value is -2.44. The van der Waals surface area contributed by atoms with Crippen molar-refractivity contribution in [2.45, 2.75) is 57.0 Å². The average Bonchev–Trinajstić information content (AvgIpc) is 3.03. The van der Waals surface area contributed by atoms with Crippen molar-refractivity contribution in [2.75, 3.05) is 0 Å². The Kier molecular flexibility index (Phi) is 3.91. The Morgan fingerprint density at radius 3 is 2.10 bits per heavy atom. The van der Waals surface area contributed by atoms with Crippen molar-refractivity contribution in [1.82, 2.24) is 14.8 Å². The van der Waals surface area contributed by atoms with Gasteiger partial charge in [0.05, 0.1) is 22.3 Å². The van der Waals surface area contributed by atoms with E-state index in [9.17, 15) is 17.6 Å². The predicted octanol–water partition coefficient (Wildman–Crippen LogP) is 6.35. The van der Waals surface area contributed by atoms with Crippen LogP contribution in [-0.2, 0) is 11.6 Å². The van der Waals surface area contributed by atoms with E-state index in [-0.39, 0.29) is 22.1 Å². The number of aromatic nitrogens is 3. The van der Waals surface area contributed by atoms with Gasteiger partial charge in [-0.05, 0) is 93.5 Å². The topological polar surface area (TPSA) is 30.7 Å². The van der Waals surface area contributed by atoms with Crippen LogP contribution < -0.4 is 0 Å². The molecule has 31 heavy (non-hydrogen) atoms. The van der Waals surface area contributed by atoms with Gasteiger partial charge in [-0.2, -0.15) is 18.3 Å². The zero-order chi connectivity index (χ0) is 21.5. The maximum absolute atomic E-state index is 14.2. The average molecular weight is 429 g/mol. The van der Waals surface area contributed by atoms with Gasteiger partial charge in [0.2, 0.25) is 0 Å². The lowest BCUT2D eigenvalue weighted by molar-refractivity contribution is -0.136. The number of benzene rings is 1. The second-order valence-electron chi connectivity index (χ2n) is 9.92. The molecule has 2 aromatic heterocycles. The fourth-order valence-electron chi connectivity index (χ4n) is 6.97. The summed E-state index contributed by atoms with van der Waals surface area (Å²) >= 11 is 0. The van der Waals surface area contributed by atoms with Gasteiger partial charge >= 0.3 is 6.18 Å². The molecule has 0 aliphatic heterocycles. The molecule has 0 unspecified atom stereocenters. The zero-order valence-corrected chi connectivity index (χ0v) is 17.2. The molecule has 2 heterocycles. The Morgan fingerprint density at radius 1 is 0.968 bits per heavy atom. The van der Waals surface area contributed by atoms with Crippen molar-refractivity contribution in [2.24, 2.45) is 17.8 Å². The number of aryl methyl sites for hydroxylation is 1. The van der Waals surface area contributed by atoms with E-state index in [2.05, 4.69) is 5.10 Å². The minimum absolute atomic E-state index is 0.0327. The van der Waals surface area contributed by atoms with E-state index >= 15 is 0 Å². The summed E-state index contributed by atoms with van der Waals surface area (Å²) in [5, 5.41) is 4.42. The third kappa shape index (κ3) is 2.92. The summed E-state index contributed by atoms with van der Waals surface area (Å²) in [4.78, 5) is 4.87. The largest absolute Gasteiger partial charge is 0.417 e. The summed E-state index contributed by atoms with van der Waals surface area (Å²) in [5.74, 6) is 1.39. The van der Waals surface area contributed by atoms with Gasteiger partial charge in [0, 0.05) is 11.1 Å². The Balaban J connectivity index is 1.60. The fourth-order valence-corrected chi connectivity index (χ4v) is 6.97. The highest BCUT2D eigenvalue weighted by Gasteiger charge is 2.53. The minimum atomic E-state index is -4.50. The van der Waals surface area contributed by atoms with E-state index in [1.165, 1.54) is 54.3 Å². The lowest BCUT2D eigenvalue weighted by atomic mass is 9.48. The van der Waals surface area contributed by atoms with Gasteiger partial charge in [0.25, 0.3) is 0 Å². The second kappa shape index (κ2) is 6.30. The van der Waals surface area contributed by atoms with E-state index in [0.29, 0.717) is 29.1 Å². The van der Waals surface area contributed by atoms with Crippen LogP contribution in [0.3, 0.4) is 0 Å². The Morgan fingerprint density at radius 2 is 1.55 bits per heavy atom. The van der Waals surface area contributed by atoms with Crippen molar-refractivity contribution < 1.29 is 17.6 Å². The van der Waals surface area contributed by atoms with E-state index in [0.717, 1.165) is 19.3 Å². The Labute approximate surface area is 177 Å². The standard InChI is InChI=1S/C24H23F4N3/c1-13-21-19(24(26,27)28)9-20(23-10-14-6-15(11-23)8-16(7-14)12-23)29-22(21)31(30-13)18-4-2-17(25)3-5-18/h2-5,9,14-16H,6-8,10-12H2,1H3. The molecule has 0 saturated heterocycles. The molecular weight excluding hydrogens is 406 g/mol. The fraction of sp³-hybridized carbons (Fsp3) is 0.500. The van der Waals surface area contributed by atoms with Gasteiger partial charge in [0.15, 0.2) is 5.65 Å². The molecule has 0 N–H and O–H groups in total. The van der Waals surface area contributed by atoms with Crippen LogP contribution in [0.5, 0.6) is 0 Å². The van der Waals surface area contributed by atoms with Gasteiger partial charge in [-0.1, -0.05) is 0 Å². The highest BCUT2D eigenvalue weighted by Crippen LogP contribution is 2.60. The van der Waals surface area contributed by atoms with Crippen LogP contribution in [0.25, 0.3) is 16.7 Å². The van der Waals surface area contributed by atoms with Crippen LogP contribution in [0.2, 0.25) is 0 Å². The number of halogens is 4. The molecule has 0 radical (unpaired) electrons. The minimum Gasteiger partial charge on any atom is -0.232 e. The summed E-state index contributed by atoms with van der Waals surface area (Å²) in [6.45, 7) is 1.57. The molecule has 7 heteroatoms. The third-order valence-corrected chi connectivity index (χ3v) is 7.77. The van der Waals surface area contributed by atoms with Crippen molar-refractivity contribution >= 4 is 11.0 Å². The lowest BCUT2D eigenvalue weighted by Gasteiger charge is -2.56. The number of rotatable bonds is 2. The summed E-state index contributed by atoms with van der Waals surface area (Å²) in [6, 6.07) is 6.91. The predicted molar refractivity (Wildman–Crippen MR) is 108 cm³/mol. The molecule has 0 atom stereocenters. The first kappa shape index (κ1) is 19.3. The van der Waals surface area contributed by atoms with Crippen LogP contribution in [0.1, 0.15) is 55.5 Å². The van der Waals surface area contributed by atoms with Gasteiger partial charge < -0.3 is 0 Å². The number of pyridine rings is 1. The van der Waals surface area contributed by atoms with E-state index in [1.54, 1.807) is 6.92 Å². The van der Waals surface area contributed by atoms with Crippen molar-refractivity contribution in [3.05, 3.63) is 53.1 Å². The number of fused-ring (bicyclic) bond motifs is 1. The monoisotopic (exact) mass is 429 g/mol. The SMILES string of the molecule is Cc1nn(-c2ccc(F)cc2)c2nc(C34CC5CC(CC(C5)C3)C4)cc(C(F)(F)F)c12. The van der Waals surface area contributed by atoms with Crippen LogP contribution in [0, 0.1) is 30.5 Å². The summed E-state index contributed by atoms with van der Waals surface area (Å²) in [5.41, 5.74) is 0.627. The smallest absolute Gasteiger partial charge is 0.232 e. The molecule has 1 aromatic carbocycles. The summed E-state index contributed by atoms with van der Waals surface area (Å²) < 4.78 is 57.5. The molecule has 4 aliphatic rings. The Bertz CT molecular complexity index is 1140. The molecule has 4 bridgehead atoms. The number of hydrogen-bond donors (Lipinski definition) is 0. The van der Waals surface area contributed by atoms with E-state index in [4.69, 9.17) is 4.98 Å². The van der Waals surface area contributed by atoms with Gasteiger partial charge in [-0.3, -0.25) is 0 Å². The molecule has 4 aliphatic carbocycles. The second-order valence-corrected chi connectivity index (χ2v) is 9.92. The van der Waals surface area contributed by atoms with Crippen LogP contribution in [0.4, 0.5) is 17.6 Å². The van der Waals surface area contributed by atoms with Gasteiger partial charge in [-0.15, -0.1) is 0 Å². The molecule has 4 fully saturated rings. The first-order valence-electron chi connectivity index (χ1n) is 11.0. The van der Waals surface area contributed by atoms with Crippen molar-refractivity contribution in [3.8, 4) is 5.69 Å². The first-order valence-corrected chi connectivity index (χ1v) is 11.0. The lowest BCUT2D eigenvalue weighted by Crippen LogP contribution is -2.49. The summed E-state index contributed by atoms with van der Waals surface area (Å²) in [7, 11) is 0. The van der Waals surface area contributed by atoms with Crippen molar-refractivity contribution in [3.63, 3.8) is 0 Å². The molecule has 0 spiro atoms. The molecule has 0 amide bonds. The van der Waals surface area contributed by atoms with Crippen LogP contribution >= 0.6 is 0 Å². The highest BCUT2D eigenvalue weighted by atomic mass is 19.4. The summed E-state index contributed by atoms with van der Waals surface area (Å²) in [6.07, 6.45) is 1.91. The highest BCUT2D eigenvalue weighted by molar-refractivity contribution is 5.84. The van der Waals surface area contributed by atoms with E-state index in [1.807, 2.05) is 0 Å². The molecular formula is C24H23F4N3. The number of nitrogens with zero attached hydrogens (tertiary/aromatic N) is 3. The first-order chi connectivity index (χ1) is 14.7. The molecule has 162 valence electrons. The van der Waals surface area contributed by atoms with E-state index < -0.39 is 17.6 Å². The van der Waals surface area contributed by atoms with Gasteiger partial charge in [-0.25, -0.2) is 14.1 Å². The molecule has 3 nitrogen and oxygen atoms in total. The maximum atomic E-state index is 14.2. The van der Waals surface area contributed by atoms with Crippen LogP contribution in [0.15, 0.2) is 30.3 Å². The van der Waals surface area contributed by atoms with Crippen molar-refractivity contribution in [1.29, 1.82) is 0 Å². The number of alkyl halides is 3. The maximum Gasteiger partial charge on any atom is 0.417 e. The zero-order valence-electron chi connectivity index (χ0n) is 17.2. The molecule has 7 rings (SSSR count). The number of hydrogen-bond acceptors (Lipinski definition) is 2. The van der Waals surface area contributed by atoms with Crippen LogP contribution in [-0.4, -0.2) is 14.8 Å². The molecule has 3 aromatic rings. The normalized spacial score (nSPS) is 29.8. The third-order valence-electron chi connectivity index (χ3n) is 7.77. The quantitative estimate of drug-likeness (QED) is 0.444. The van der Waals surface area contributed by atoms with Gasteiger partial charge in [0.1, 0.15) is 5.82 Å².